The lowest BCUT2D eigenvalue weighted by atomic mass is 9.95. The van der Waals surface area contributed by atoms with E-state index < -0.39 is 0 Å². The largest absolute Gasteiger partial charge is 0.357 e. The van der Waals surface area contributed by atoms with Crippen molar-refractivity contribution >= 4 is 17.8 Å². The molecule has 7 nitrogen and oxygen atoms in total. The minimum absolute atomic E-state index is 0.0116. The number of pyridine rings is 1. The molecule has 7 heteroatoms. The number of carbonyl (C=O) groups is 2. The fourth-order valence-electron chi connectivity index (χ4n) is 3.80. The summed E-state index contributed by atoms with van der Waals surface area (Å²) in [5, 5.41) is 8.44. The Bertz CT molecular complexity index is 625. The van der Waals surface area contributed by atoms with Crippen LogP contribution in [0.3, 0.4) is 0 Å². The molecule has 1 aliphatic heterocycles. The molecular weight excluding hydrogens is 342 g/mol. The van der Waals surface area contributed by atoms with Crippen LogP contribution in [0.15, 0.2) is 18.3 Å². The fourth-order valence-corrected chi connectivity index (χ4v) is 3.80. The molecule has 1 saturated heterocycles. The van der Waals surface area contributed by atoms with Crippen molar-refractivity contribution in [1.29, 1.82) is 0 Å². The Morgan fingerprint density at radius 3 is 2.56 bits per heavy atom. The summed E-state index contributed by atoms with van der Waals surface area (Å²) in [5.41, 5.74) is 1.01. The molecule has 0 aromatic carbocycles. The zero-order valence-electron chi connectivity index (χ0n) is 16.0. The van der Waals surface area contributed by atoms with E-state index in [0.717, 1.165) is 37.3 Å². The lowest BCUT2D eigenvalue weighted by molar-refractivity contribution is -0.121. The second kappa shape index (κ2) is 10.1. The molecule has 2 aliphatic rings. The highest BCUT2D eigenvalue weighted by Gasteiger charge is 2.16. The number of hydrogen-bond acceptors (Lipinski definition) is 4. The predicted octanol–water partition coefficient (Wildman–Crippen LogP) is 2.32. The summed E-state index contributed by atoms with van der Waals surface area (Å²) < 4.78 is 0. The lowest BCUT2D eigenvalue weighted by Crippen LogP contribution is -2.45. The van der Waals surface area contributed by atoms with E-state index in [1.54, 1.807) is 6.20 Å². The van der Waals surface area contributed by atoms with E-state index in [-0.39, 0.29) is 24.5 Å². The Hall–Kier alpha value is -2.31. The number of nitrogens with zero attached hydrogens (tertiary/aromatic N) is 2. The van der Waals surface area contributed by atoms with Crippen molar-refractivity contribution in [2.45, 2.75) is 64.0 Å². The van der Waals surface area contributed by atoms with E-state index in [1.165, 1.54) is 38.5 Å². The first-order valence-corrected chi connectivity index (χ1v) is 10.2. The van der Waals surface area contributed by atoms with Crippen molar-refractivity contribution in [3.63, 3.8) is 0 Å². The number of rotatable bonds is 6. The number of anilines is 1. The van der Waals surface area contributed by atoms with Crippen molar-refractivity contribution in [3.8, 4) is 0 Å². The number of carbonyl (C=O) groups excluding carboxylic acids is 2. The van der Waals surface area contributed by atoms with Crippen molar-refractivity contribution in [2.75, 3.05) is 24.5 Å². The molecule has 3 amide bonds. The third kappa shape index (κ3) is 6.41. The fraction of sp³-hybridized carbons (Fsp3) is 0.650. The molecule has 1 aromatic heterocycles. The maximum Gasteiger partial charge on any atom is 0.315 e. The second-order valence-corrected chi connectivity index (χ2v) is 7.51. The molecule has 0 unspecified atom stereocenters. The van der Waals surface area contributed by atoms with Crippen LogP contribution in [0.4, 0.5) is 10.6 Å². The average Bonchev–Trinajstić information content (AvgIpc) is 2.72. The van der Waals surface area contributed by atoms with Gasteiger partial charge in [-0.15, -0.1) is 0 Å². The highest BCUT2D eigenvalue weighted by Crippen LogP contribution is 2.18. The van der Waals surface area contributed by atoms with Gasteiger partial charge in [0.05, 0.1) is 6.54 Å². The zero-order chi connectivity index (χ0) is 18.9. The highest BCUT2D eigenvalue weighted by molar-refractivity contribution is 5.84. The first-order valence-electron chi connectivity index (χ1n) is 10.2. The van der Waals surface area contributed by atoms with Gasteiger partial charge in [-0.2, -0.15) is 0 Å². The smallest absolute Gasteiger partial charge is 0.315 e. The Labute approximate surface area is 161 Å². The Balaban J connectivity index is 1.37. The molecule has 3 rings (SSSR count). The molecule has 1 aromatic rings. The van der Waals surface area contributed by atoms with Crippen LogP contribution in [0.2, 0.25) is 0 Å². The van der Waals surface area contributed by atoms with Gasteiger partial charge < -0.3 is 20.9 Å². The number of nitrogens with one attached hydrogen (secondary N) is 3. The molecule has 0 radical (unpaired) electrons. The van der Waals surface area contributed by atoms with Crippen LogP contribution in [0.1, 0.15) is 56.9 Å². The van der Waals surface area contributed by atoms with Gasteiger partial charge in [0.15, 0.2) is 0 Å². The SMILES string of the molecule is O=C(CNC(=O)NCc1ccnc(N2CCCCC2)c1)NC1CCCCC1. The summed E-state index contributed by atoms with van der Waals surface area (Å²) in [5.74, 6) is 0.856. The highest BCUT2D eigenvalue weighted by atomic mass is 16.2. The van der Waals surface area contributed by atoms with Gasteiger partial charge in [-0.1, -0.05) is 19.3 Å². The Morgan fingerprint density at radius 2 is 1.78 bits per heavy atom. The normalized spacial score (nSPS) is 18.0. The van der Waals surface area contributed by atoms with Gasteiger partial charge in [0, 0.05) is 31.9 Å². The van der Waals surface area contributed by atoms with Crippen LogP contribution < -0.4 is 20.9 Å². The van der Waals surface area contributed by atoms with E-state index in [0.29, 0.717) is 6.54 Å². The summed E-state index contributed by atoms with van der Waals surface area (Å²) in [6.07, 6.45) is 11.2. The third-order valence-electron chi connectivity index (χ3n) is 5.32. The molecule has 2 fully saturated rings. The monoisotopic (exact) mass is 373 g/mol. The standard InChI is InChI=1S/C20H31N5O2/c26-19(24-17-7-3-1-4-8-17)15-23-20(27)22-14-16-9-10-21-18(13-16)25-11-5-2-6-12-25/h9-10,13,17H,1-8,11-12,14-15H2,(H,24,26)(H2,22,23,27). The number of amides is 3. The van der Waals surface area contributed by atoms with E-state index in [1.807, 2.05) is 12.1 Å². The van der Waals surface area contributed by atoms with Gasteiger partial charge in [-0.3, -0.25) is 4.79 Å². The van der Waals surface area contributed by atoms with Crippen molar-refractivity contribution < 1.29 is 9.59 Å². The predicted molar refractivity (Wildman–Crippen MR) is 106 cm³/mol. The molecule has 1 aliphatic carbocycles. The van der Waals surface area contributed by atoms with Crippen molar-refractivity contribution in [2.24, 2.45) is 0 Å². The van der Waals surface area contributed by atoms with Crippen LogP contribution in [-0.2, 0) is 11.3 Å². The van der Waals surface area contributed by atoms with Gasteiger partial charge in [-0.25, -0.2) is 9.78 Å². The Morgan fingerprint density at radius 1 is 1.04 bits per heavy atom. The quantitative estimate of drug-likeness (QED) is 0.714. The summed E-state index contributed by atoms with van der Waals surface area (Å²) in [6.45, 7) is 2.51. The van der Waals surface area contributed by atoms with Crippen LogP contribution >= 0.6 is 0 Å². The van der Waals surface area contributed by atoms with Crippen LogP contribution in [0.5, 0.6) is 0 Å². The van der Waals surface area contributed by atoms with Crippen LogP contribution in [0.25, 0.3) is 0 Å². The van der Waals surface area contributed by atoms with Gasteiger partial charge in [0.2, 0.25) is 5.91 Å². The first-order chi connectivity index (χ1) is 13.2. The maximum absolute atomic E-state index is 12.0. The van der Waals surface area contributed by atoms with Gasteiger partial charge in [0.25, 0.3) is 0 Å². The number of urea groups is 1. The van der Waals surface area contributed by atoms with E-state index in [2.05, 4.69) is 25.8 Å². The molecule has 1 saturated carbocycles. The second-order valence-electron chi connectivity index (χ2n) is 7.51. The molecular formula is C20H31N5O2. The molecule has 148 valence electrons. The molecule has 0 spiro atoms. The van der Waals surface area contributed by atoms with Gasteiger partial charge in [0.1, 0.15) is 5.82 Å². The van der Waals surface area contributed by atoms with Gasteiger partial charge >= 0.3 is 6.03 Å². The van der Waals surface area contributed by atoms with Crippen LogP contribution in [-0.4, -0.2) is 42.6 Å². The van der Waals surface area contributed by atoms with Crippen molar-refractivity contribution in [3.05, 3.63) is 23.9 Å². The third-order valence-corrected chi connectivity index (χ3v) is 5.32. The van der Waals surface area contributed by atoms with Gasteiger partial charge in [-0.05, 0) is 49.8 Å². The average molecular weight is 374 g/mol. The van der Waals surface area contributed by atoms with E-state index in [4.69, 9.17) is 0 Å². The molecule has 0 bridgehead atoms. The summed E-state index contributed by atoms with van der Waals surface area (Å²) in [7, 11) is 0. The molecule has 0 atom stereocenters. The molecule has 3 N–H and O–H groups in total. The number of aromatic nitrogens is 1. The molecule has 27 heavy (non-hydrogen) atoms. The first kappa shape index (κ1) is 19.5. The zero-order valence-corrected chi connectivity index (χ0v) is 16.0. The minimum Gasteiger partial charge on any atom is -0.357 e. The summed E-state index contributed by atoms with van der Waals surface area (Å²) >= 11 is 0. The number of hydrogen-bond donors (Lipinski definition) is 3. The van der Waals surface area contributed by atoms with E-state index in [9.17, 15) is 9.59 Å². The van der Waals surface area contributed by atoms with Crippen molar-refractivity contribution in [1.82, 2.24) is 20.9 Å². The Kier molecular flexibility index (Phi) is 7.30. The topological polar surface area (TPSA) is 86.4 Å². The maximum atomic E-state index is 12.0. The lowest BCUT2D eigenvalue weighted by Gasteiger charge is -2.27. The molecule has 2 heterocycles. The number of piperidine rings is 1. The minimum atomic E-state index is -0.329. The summed E-state index contributed by atoms with van der Waals surface area (Å²) in [4.78, 5) is 30.7. The van der Waals surface area contributed by atoms with Crippen LogP contribution in [0, 0.1) is 0 Å². The summed E-state index contributed by atoms with van der Waals surface area (Å²) in [6, 6.07) is 3.87. The van der Waals surface area contributed by atoms with E-state index >= 15 is 0 Å².